The molecule has 0 aromatic rings. The number of hydrogen-bond acceptors (Lipinski definition) is 0. The number of halogens is 6. The molecule has 52 valence electrons. The van der Waals surface area contributed by atoms with Gasteiger partial charge in [0.25, 0.3) is 0 Å². The van der Waals surface area contributed by atoms with E-state index < -0.39 is 0 Å². The molecule has 0 atom stereocenters. The molecular weight excluding hydrogens is 486 g/mol. The van der Waals surface area contributed by atoms with Crippen molar-refractivity contribution in [1.82, 2.24) is 0 Å². The third-order valence-corrected chi connectivity index (χ3v) is 0. The minimum absolute atomic E-state index is 0. The zero-order valence-electron chi connectivity index (χ0n) is 3.92. The Hall–Kier alpha value is 3.23. The van der Waals surface area contributed by atoms with Crippen LogP contribution in [0.4, 0.5) is 0 Å². The molecule has 0 radical (unpaired) electrons. The van der Waals surface area contributed by atoms with E-state index in [-0.39, 0.29) is 137 Å². The van der Waals surface area contributed by atoms with Crippen LogP contribution in [-0.4, -0.2) is 0 Å². The van der Waals surface area contributed by atoms with Crippen LogP contribution in [0.15, 0.2) is 0 Å². The first-order valence-electron chi connectivity index (χ1n) is 0. The quantitative estimate of drug-likeness (QED) is 0.299. The predicted molar refractivity (Wildman–Crippen MR) is 0 cm³/mol. The van der Waals surface area contributed by atoms with Gasteiger partial charge in [0.15, 0.2) is 0 Å². The number of rotatable bonds is 0. The van der Waals surface area contributed by atoms with Gasteiger partial charge < -0.3 is 28.2 Å². The van der Waals surface area contributed by atoms with Crippen molar-refractivity contribution in [3.63, 3.8) is 0 Å². The fourth-order valence-corrected chi connectivity index (χ4v) is 0. The Kier molecular flexibility index (Phi) is 1850. The Balaban J connectivity index is 0. The van der Waals surface area contributed by atoms with Gasteiger partial charge in [0.05, 0.1) is 0 Å². The van der Waals surface area contributed by atoms with E-state index in [1.165, 1.54) is 0 Å². The van der Waals surface area contributed by atoms with Gasteiger partial charge in [-0.2, -0.15) is 0 Å². The van der Waals surface area contributed by atoms with Gasteiger partial charge in [-0.25, -0.2) is 0 Å². The molecule has 9 heavy (non-hydrogen) atoms. The molecule has 0 heterocycles. The SMILES string of the molecule is [F-].[F-].[F-].[F-].[F-].[F-].[La+3].[Nd].[Y+3]. The smallest absolute Gasteiger partial charge is 1.00 e. The molecule has 0 aromatic heterocycles. The second-order valence-corrected chi connectivity index (χ2v) is 0. The van der Waals surface area contributed by atoms with E-state index in [0.29, 0.717) is 0 Å². The summed E-state index contributed by atoms with van der Waals surface area (Å²) in [5.41, 5.74) is 0. The number of hydrogen-bond donors (Lipinski definition) is 0. The summed E-state index contributed by atoms with van der Waals surface area (Å²) in [5.74, 6) is 0. The first-order valence-corrected chi connectivity index (χ1v) is 0. The molecule has 0 rings (SSSR count). The van der Waals surface area contributed by atoms with E-state index >= 15 is 0 Å². The van der Waals surface area contributed by atoms with Crippen molar-refractivity contribution in [2.24, 2.45) is 0 Å². The van der Waals surface area contributed by atoms with Gasteiger partial charge in [-0.3, -0.25) is 0 Å². The Morgan fingerprint density at radius 1 is 0.444 bits per heavy atom. The predicted octanol–water partition coefficient (Wildman–Crippen LogP) is -18.0. The van der Waals surface area contributed by atoms with Gasteiger partial charge in [-0.05, 0) is 0 Å². The fraction of sp³-hybridized carbons (Fsp3) is 0. The van der Waals surface area contributed by atoms with Gasteiger partial charge >= 0.3 is 68.3 Å². The van der Waals surface area contributed by atoms with Crippen molar-refractivity contribution in [1.29, 1.82) is 0 Å². The van der Waals surface area contributed by atoms with Gasteiger partial charge in [0.2, 0.25) is 0 Å². The van der Waals surface area contributed by atoms with Crippen LogP contribution in [0.5, 0.6) is 0 Å². The molecule has 0 amide bonds. The molecule has 0 N–H and O–H groups in total. The fourth-order valence-electron chi connectivity index (χ4n) is 0. The monoisotopic (exact) mass is 484 g/mol. The summed E-state index contributed by atoms with van der Waals surface area (Å²) in [5, 5.41) is 0. The molecule has 0 saturated heterocycles. The molecule has 9 heteroatoms. The zero-order chi connectivity index (χ0) is 0. The maximum atomic E-state index is 0. The Morgan fingerprint density at radius 2 is 0.444 bits per heavy atom. The summed E-state index contributed by atoms with van der Waals surface area (Å²) in [4.78, 5) is 0. The van der Waals surface area contributed by atoms with Crippen LogP contribution in [0.3, 0.4) is 0 Å². The van der Waals surface area contributed by atoms with Crippen LogP contribution >= 0.6 is 0 Å². The maximum absolute atomic E-state index is 0. The van der Waals surface area contributed by atoms with Crippen LogP contribution in [0.2, 0.25) is 0 Å². The van der Waals surface area contributed by atoms with Gasteiger partial charge in [-0.1, -0.05) is 0 Å². The third kappa shape index (κ3) is 91.7. The van der Waals surface area contributed by atoms with Crippen molar-refractivity contribution in [2.45, 2.75) is 0 Å². The molecule has 0 spiro atoms. The average Bonchev–Trinajstić information content (AvgIpc) is 0. The topological polar surface area (TPSA) is 0 Å². The normalized spacial score (nSPS) is 0. The largest absolute Gasteiger partial charge is 3.00 e. The first-order chi connectivity index (χ1) is 0. The molecule has 0 fully saturated rings. The molecule has 0 bridgehead atoms. The summed E-state index contributed by atoms with van der Waals surface area (Å²) in [7, 11) is 0. The van der Waals surface area contributed by atoms with Crippen LogP contribution in [-0.2, 0) is 32.7 Å². The molecule has 0 aliphatic heterocycles. The molecule has 0 unspecified atom stereocenters. The Labute approximate surface area is 134 Å². The zero-order valence-corrected chi connectivity index (χ0v) is 13.6. The second-order valence-electron chi connectivity index (χ2n) is 0. The van der Waals surface area contributed by atoms with E-state index in [0.717, 1.165) is 0 Å². The van der Waals surface area contributed by atoms with Crippen LogP contribution in [0.25, 0.3) is 0 Å². The van der Waals surface area contributed by atoms with Gasteiger partial charge in [0.1, 0.15) is 0 Å². The van der Waals surface area contributed by atoms with E-state index in [1.807, 2.05) is 0 Å². The molecule has 0 saturated carbocycles. The van der Waals surface area contributed by atoms with Crippen molar-refractivity contribution in [3.8, 4) is 0 Å². The van der Waals surface area contributed by atoms with E-state index in [1.54, 1.807) is 0 Å². The molecule has 0 aliphatic carbocycles. The summed E-state index contributed by atoms with van der Waals surface area (Å²) < 4.78 is 0. The first kappa shape index (κ1) is 148. The van der Waals surface area contributed by atoms with E-state index in [9.17, 15) is 0 Å². The van der Waals surface area contributed by atoms with Gasteiger partial charge in [-0.15, -0.1) is 0 Å². The van der Waals surface area contributed by atoms with Gasteiger partial charge in [0, 0.05) is 40.8 Å². The molecule has 0 aromatic carbocycles. The summed E-state index contributed by atoms with van der Waals surface area (Å²) in [6.45, 7) is 0. The van der Waals surface area contributed by atoms with Crippen LogP contribution < -0.4 is 28.2 Å². The summed E-state index contributed by atoms with van der Waals surface area (Å²) in [6.07, 6.45) is 0. The standard InChI is InChI=1S/6FH.La.Nd.Y/h6*1H;;;/q;;;;;;+3;;+3/p-6. The molecule has 0 aliphatic rings. The van der Waals surface area contributed by atoms with Crippen molar-refractivity contribution < 1.29 is 137 Å². The van der Waals surface area contributed by atoms with E-state index in [4.69, 9.17) is 0 Å². The Morgan fingerprint density at radius 3 is 0.444 bits per heavy atom. The Bertz CT molecular complexity index is 13.0. The third-order valence-electron chi connectivity index (χ3n) is 0. The van der Waals surface area contributed by atoms with E-state index in [2.05, 4.69) is 0 Å². The molecular formula is F6LaNdY. The summed E-state index contributed by atoms with van der Waals surface area (Å²) in [6, 6.07) is 0. The minimum Gasteiger partial charge on any atom is -1.00 e. The van der Waals surface area contributed by atoms with Crippen molar-refractivity contribution >= 4 is 0 Å². The van der Waals surface area contributed by atoms with Crippen molar-refractivity contribution in [2.75, 3.05) is 0 Å². The second kappa shape index (κ2) is 113. The minimum atomic E-state index is 0. The maximum Gasteiger partial charge on any atom is 3.00 e. The van der Waals surface area contributed by atoms with Crippen molar-refractivity contribution in [3.05, 3.63) is 0 Å². The summed E-state index contributed by atoms with van der Waals surface area (Å²) >= 11 is 0. The molecule has 0 nitrogen and oxygen atoms in total. The van der Waals surface area contributed by atoms with Crippen LogP contribution in [0, 0.1) is 76.4 Å². The average molecular weight is 486 g/mol. The van der Waals surface area contributed by atoms with Crippen LogP contribution in [0.1, 0.15) is 0 Å².